The van der Waals surface area contributed by atoms with Crippen molar-refractivity contribution in [2.24, 2.45) is 0 Å². The molecule has 1 aromatic heterocycles. The molecule has 1 amide bonds. The highest BCUT2D eigenvalue weighted by atomic mass is 32.1. The highest BCUT2D eigenvalue weighted by molar-refractivity contribution is 7.12. The number of amides is 1. The molecule has 0 unspecified atom stereocenters. The van der Waals surface area contributed by atoms with Crippen molar-refractivity contribution in [2.45, 2.75) is 6.18 Å². The Hall–Kier alpha value is -2.02. The lowest BCUT2D eigenvalue weighted by Gasteiger charge is -2.08. The van der Waals surface area contributed by atoms with Gasteiger partial charge in [-0.25, -0.2) is 0 Å². The third-order valence-corrected chi connectivity index (χ3v) is 3.30. The number of nitrogens with one attached hydrogen (secondary N) is 1. The average Bonchev–Trinajstić information content (AvgIpc) is 2.75. The molecule has 1 heterocycles. The Morgan fingerprint density at radius 1 is 1.16 bits per heavy atom. The molecule has 0 bridgehead atoms. The Kier molecular flexibility index (Phi) is 3.48. The molecule has 0 aliphatic rings. The number of carbonyl (C=O) groups is 1. The second kappa shape index (κ2) is 4.93. The van der Waals surface area contributed by atoms with Crippen molar-refractivity contribution >= 4 is 28.6 Å². The molecule has 3 N–H and O–H groups in total. The van der Waals surface area contributed by atoms with E-state index in [4.69, 9.17) is 5.73 Å². The number of carbonyl (C=O) groups excluding carboxylic acids is 1. The molecule has 1 aromatic carbocycles. The smallest absolute Gasteiger partial charge is 0.397 e. The van der Waals surface area contributed by atoms with Crippen molar-refractivity contribution in [1.82, 2.24) is 0 Å². The molecule has 2 aromatic rings. The Morgan fingerprint density at radius 3 is 2.26 bits per heavy atom. The van der Waals surface area contributed by atoms with Crippen LogP contribution in [0.1, 0.15) is 15.2 Å². The molecule has 19 heavy (non-hydrogen) atoms. The first-order valence-corrected chi connectivity index (χ1v) is 6.07. The van der Waals surface area contributed by atoms with Crippen LogP contribution in [0.2, 0.25) is 0 Å². The predicted molar refractivity (Wildman–Crippen MR) is 68.1 cm³/mol. The Bertz CT molecular complexity index is 590. The monoisotopic (exact) mass is 286 g/mol. The summed E-state index contributed by atoms with van der Waals surface area (Å²) in [5.74, 6) is -0.438. The van der Waals surface area contributed by atoms with Crippen molar-refractivity contribution in [3.05, 3.63) is 46.2 Å². The lowest BCUT2D eigenvalue weighted by molar-refractivity contribution is -0.137. The van der Waals surface area contributed by atoms with E-state index in [9.17, 15) is 18.0 Å². The van der Waals surface area contributed by atoms with Gasteiger partial charge >= 0.3 is 6.18 Å². The van der Waals surface area contributed by atoms with Gasteiger partial charge in [0.05, 0.1) is 11.3 Å². The first-order valence-electron chi connectivity index (χ1n) is 5.19. The number of hydrogen-bond donors (Lipinski definition) is 2. The van der Waals surface area contributed by atoms with Crippen LogP contribution in [0.5, 0.6) is 0 Å². The highest BCUT2D eigenvalue weighted by Crippen LogP contribution is 2.30. The van der Waals surface area contributed by atoms with Gasteiger partial charge in [-0.1, -0.05) is 0 Å². The van der Waals surface area contributed by atoms with Crippen LogP contribution in [-0.2, 0) is 6.18 Å². The van der Waals surface area contributed by atoms with Crippen LogP contribution in [-0.4, -0.2) is 5.91 Å². The molecule has 0 atom stereocenters. The highest BCUT2D eigenvalue weighted by Gasteiger charge is 2.30. The van der Waals surface area contributed by atoms with Crippen LogP contribution in [0.15, 0.2) is 35.7 Å². The first-order chi connectivity index (χ1) is 8.88. The number of thiophene rings is 1. The number of hydrogen-bond acceptors (Lipinski definition) is 3. The summed E-state index contributed by atoms with van der Waals surface area (Å²) in [6.07, 6.45) is -4.39. The molecule has 0 radical (unpaired) electrons. The fraction of sp³-hybridized carbons (Fsp3) is 0.0833. The molecule has 0 saturated heterocycles. The first kappa shape index (κ1) is 13.4. The van der Waals surface area contributed by atoms with E-state index in [2.05, 4.69) is 5.32 Å². The summed E-state index contributed by atoms with van der Waals surface area (Å²) >= 11 is 1.17. The Balaban J connectivity index is 2.12. The zero-order valence-corrected chi connectivity index (χ0v) is 10.3. The second-order valence-electron chi connectivity index (χ2n) is 3.73. The van der Waals surface area contributed by atoms with Gasteiger partial charge in [-0.2, -0.15) is 13.2 Å². The van der Waals surface area contributed by atoms with E-state index in [1.807, 2.05) is 0 Å². The van der Waals surface area contributed by atoms with Gasteiger partial charge in [0, 0.05) is 5.69 Å². The zero-order chi connectivity index (χ0) is 14.0. The number of alkyl halides is 3. The maximum atomic E-state index is 12.4. The number of anilines is 2. The standard InChI is InChI=1S/C12H9F3N2OS/c13-12(14,15)7-1-3-8(4-2-7)17-11(18)10-9(16)5-6-19-10/h1-6H,16H2,(H,17,18). The van der Waals surface area contributed by atoms with E-state index in [-0.39, 0.29) is 5.69 Å². The molecule has 0 aliphatic heterocycles. The van der Waals surface area contributed by atoms with Crippen molar-refractivity contribution in [1.29, 1.82) is 0 Å². The zero-order valence-electron chi connectivity index (χ0n) is 9.49. The van der Waals surface area contributed by atoms with Gasteiger partial charge in [-0.15, -0.1) is 11.3 Å². The van der Waals surface area contributed by atoms with Gasteiger partial charge in [0.2, 0.25) is 0 Å². The van der Waals surface area contributed by atoms with Crippen molar-refractivity contribution in [3.63, 3.8) is 0 Å². The number of nitrogens with two attached hydrogens (primary N) is 1. The van der Waals surface area contributed by atoms with Gasteiger partial charge in [0.1, 0.15) is 4.88 Å². The van der Waals surface area contributed by atoms with Crippen LogP contribution >= 0.6 is 11.3 Å². The van der Waals surface area contributed by atoms with Crippen molar-refractivity contribution < 1.29 is 18.0 Å². The third-order valence-electron chi connectivity index (χ3n) is 2.37. The molecule has 0 saturated carbocycles. The number of halogens is 3. The molecule has 7 heteroatoms. The summed E-state index contributed by atoms with van der Waals surface area (Å²) < 4.78 is 37.1. The SMILES string of the molecule is Nc1ccsc1C(=O)Nc1ccc(C(F)(F)F)cc1. The van der Waals surface area contributed by atoms with Gasteiger partial charge in [-0.3, -0.25) is 4.79 Å². The summed E-state index contributed by atoms with van der Waals surface area (Å²) in [6.45, 7) is 0. The van der Waals surface area contributed by atoms with E-state index in [1.165, 1.54) is 23.5 Å². The molecule has 3 nitrogen and oxygen atoms in total. The summed E-state index contributed by atoms with van der Waals surface area (Å²) in [5, 5.41) is 4.15. The summed E-state index contributed by atoms with van der Waals surface area (Å²) in [4.78, 5) is 12.1. The van der Waals surface area contributed by atoms with E-state index < -0.39 is 17.6 Å². The van der Waals surface area contributed by atoms with E-state index in [1.54, 1.807) is 11.4 Å². The van der Waals surface area contributed by atoms with Crippen LogP contribution in [0.3, 0.4) is 0 Å². The molecule has 0 aliphatic carbocycles. The molecular formula is C12H9F3N2OS. The lowest BCUT2D eigenvalue weighted by atomic mass is 10.2. The minimum absolute atomic E-state index is 0.283. The molecule has 0 spiro atoms. The molecular weight excluding hydrogens is 277 g/mol. The topological polar surface area (TPSA) is 55.1 Å². The quantitative estimate of drug-likeness (QED) is 0.886. The van der Waals surface area contributed by atoms with Crippen LogP contribution in [0.4, 0.5) is 24.5 Å². The van der Waals surface area contributed by atoms with Gasteiger partial charge in [-0.05, 0) is 35.7 Å². The fourth-order valence-electron chi connectivity index (χ4n) is 1.43. The van der Waals surface area contributed by atoms with E-state index >= 15 is 0 Å². The summed E-state index contributed by atoms with van der Waals surface area (Å²) in [5.41, 5.74) is 5.44. The molecule has 2 rings (SSSR count). The lowest BCUT2D eigenvalue weighted by Crippen LogP contribution is -2.12. The van der Waals surface area contributed by atoms with Crippen LogP contribution in [0, 0.1) is 0 Å². The number of benzene rings is 1. The van der Waals surface area contributed by atoms with E-state index in [0.717, 1.165) is 12.1 Å². The maximum absolute atomic E-state index is 12.4. The van der Waals surface area contributed by atoms with Gasteiger partial charge in [0.25, 0.3) is 5.91 Å². The average molecular weight is 286 g/mol. The summed E-state index contributed by atoms with van der Waals surface area (Å²) in [7, 11) is 0. The molecule has 0 fully saturated rings. The number of rotatable bonds is 2. The summed E-state index contributed by atoms with van der Waals surface area (Å²) in [6, 6.07) is 5.81. The normalized spacial score (nSPS) is 11.3. The largest absolute Gasteiger partial charge is 0.416 e. The van der Waals surface area contributed by atoms with Crippen LogP contribution in [0.25, 0.3) is 0 Å². The van der Waals surface area contributed by atoms with E-state index in [0.29, 0.717) is 10.6 Å². The van der Waals surface area contributed by atoms with Gasteiger partial charge in [0.15, 0.2) is 0 Å². The Labute approximate surface area is 110 Å². The molecule has 100 valence electrons. The predicted octanol–water partition coefficient (Wildman–Crippen LogP) is 3.60. The van der Waals surface area contributed by atoms with Gasteiger partial charge < -0.3 is 11.1 Å². The van der Waals surface area contributed by atoms with Crippen LogP contribution < -0.4 is 11.1 Å². The third kappa shape index (κ3) is 3.05. The second-order valence-corrected chi connectivity index (χ2v) is 4.65. The van der Waals surface area contributed by atoms with Crippen molar-refractivity contribution in [3.8, 4) is 0 Å². The maximum Gasteiger partial charge on any atom is 0.416 e. The minimum Gasteiger partial charge on any atom is -0.397 e. The fourth-order valence-corrected chi connectivity index (χ4v) is 2.15. The number of nitrogen functional groups attached to an aromatic ring is 1. The van der Waals surface area contributed by atoms with Crippen molar-refractivity contribution in [2.75, 3.05) is 11.1 Å². The minimum atomic E-state index is -4.39. The Morgan fingerprint density at radius 2 is 1.79 bits per heavy atom.